The molecule has 3 rings (SSSR count). The molecule has 6 nitrogen and oxygen atoms in total. The van der Waals surface area contributed by atoms with Gasteiger partial charge in [-0.3, -0.25) is 14.2 Å². The molecule has 0 bridgehead atoms. The monoisotopic (exact) mass is 459 g/mol. The average Bonchev–Trinajstić information content (AvgIpc) is 3.12. The Hall–Kier alpha value is -2.52. The Bertz CT molecular complexity index is 1100. The van der Waals surface area contributed by atoms with Crippen molar-refractivity contribution >= 4 is 34.8 Å². The number of nitrogens with one attached hydrogen (secondary N) is 1. The number of hydrogen-bond acceptors (Lipinski definition) is 3. The maximum atomic E-state index is 13.1. The van der Waals surface area contributed by atoms with E-state index in [2.05, 4.69) is 15.5 Å². The summed E-state index contributed by atoms with van der Waals surface area (Å²) in [7, 11) is 0. The highest BCUT2D eigenvalue weighted by atomic mass is 35.5. The first-order valence-corrected chi connectivity index (χ1v) is 9.60. The van der Waals surface area contributed by atoms with Crippen molar-refractivity contribution in [2.45, 2.75) is 40.0 Å². The quantitative estimate of drug-likeness (QED) is 0.582. The summed E-state index contributed by atoms with van der Waals surface area (Å²) >= 11 is 12.1. The molecular weight excluding hydrogens is 442 g/mol. The zero-order valence-electron chi connectivity index (χ0n) is 16.3. The van der Waals surface area contributed by atoms with Crippen LogP contribution in [0, 0.1) is 20.8 Å². The second-order valence-electron chi connectivity index (χ2n) is 6.81. The molecule has 0 aliphatic rings. The number of halogens is 5. The van der Waals surface area contributed by atoms with Gasteiger partial charge in [-0.2, -0.15) is 23.4 Å². The summed E-state index contributed by atoms with van der Waals surface area (Å²) in [4.78, 5) is 12.4. The Morgan fingerprint density at radius 1 is 1.10 bits per heavy atom. The molecule has 160 valence electrons. The van der Waals surface area contributed by atoms with Gasteiger partial charge in [0.2, 0.25) is 5.91 Å². The lowest BCUT2D eigenvalue weighted by Gasteiger charge is -2.11. The first-order chi connectivity index (χ1) is 14.0. The summed E-state index contributed by atoms with van der Waals surface area (Å²) in [6.45, 7) is 4.65. The number of alkyl halides is 3. The van der Waals surface area contributed by atoms with Gasteiger partial charge in [-0.25, -0.2) is 0 Å². The second kappa shape index (κ2) is 8.31. The van der Waals surface area contributed by atoms with E-state index in [4.69, 9.17) is 23.2 Å². The van der Waals surface area contributed by atoms with Gasteiger partial charge in [0.05, 0.1) is 29.3 Å². The van der Waals surface area contributed by atoms with Gasteiger partial charge in [0.15, 0.2) is 0 Å². The van der Waals surface area contributed by atoms with Gasteiger partial charge in [-0.15, -0.1) is 0 Å². The fraction of sp³-hybridized carbons (Fsp3) is 0.316. The highest BCUT2D eigenvalue weighted by Crippen LogP contribution is 2.30. The lowest BCUT2D eigenvalue weighted by molar-refractivity contribution is -0.144. The SMILES string of the molecule is Cc1cc(C(F)(F)F)n(CC(=O)Nc2c(C)nn(Cc3ccc(Cl)cc3Cl)c2C)n1. The number of nitrogens with zero attached hydrogens (tertiary/aromatic N) is 4. The van der Waals surface area contributed by atoms with Crippen molar-refractivity contribution in [2.75, 3.05) is 5.32 Å². The van der Waals surface area contributed by atoms with Crippen molar-refractivity contribution in [3.05, 3.63) is 62.6 Å². The van der Waals surface area contributed by atoms with Crippen LogP contribution in [0.25, 0.3) is 0 Å². The largest absolute Gasteiger partial charge is 0.433 e. The minimum atomic E-state index is -4.60. The molecule has 11 heteroatoms. The molecule has 1 aromatic carbocycles. The van der Waals surface area contributed by atoms with Crippen molar-refractivity contribution in [3.63, 3.8) is 0 Å². The molecule has 0 spiro atoms. The van der Waals surface area contributed by atoms with E-state index in [1.54, 1.807) is 36.7 Å². The summed E-state index contributed by atoms with van der Waals surface area (Å²) in [5.41, 5.74) is 1.58. The summed E-state index contributed by atoms with van der Waals surface area (Å²) < 4.78 is 41.6. The minimum absolute atomic E-state index is 0.176. The topological polar surface area (TPSA) is 64.7 Å². The van der Waals surface area contributed by atoms with E-state index in [9.17, 15) is 18.0 Å². The summed E-state index contributed by atoms with van der Waals surface area (Å²) in [6, 6.07) is 6.01. The maximum Gasteiger partial charge on any atom is 0.433 e. The maximum absolute atomic E-state index is 13.1. The van der Waals surface area contributed by atoms with Crippen LogP contribution in [0.15, 0.2) is 24.3 Å². The Kier molecular flexibility index (Phi) is 6.14. The van der Waals surface area contributed by atoms with Gasteiger partial charge < -0.3 is 5.32 Å². The third kappa shape index (κ3) is 4.79. The minimum Gasteiger partial charge on any atom is -0.321 e. The van der Waals surface area contributed by atoms with Crippen LogP contribution >= 0.6 is 23.2 Å². The number of aryl methyl sites for hydroxylation is 2. The molecule has 0 saturated carbocycles. The number of benzene rings is 1. The van der Waals surface area contributed by atoms with E-state index in [0.717, 1.165) is 11.6 Å². The van der Waals surface area contributed by atoms with Gasteiger partial charge in [-0.1, -0.05) is 29.3 Å². The van der Waals surface area contributed by atoms with Crippen molar-refractivity contribution < 1.29 is 18.0 Å². The number of carbonyl (C=O) groups is 1. The Morgan fingerprint density at radius 3 is 2.43 bits per heavy atom. The van der Waals surface area contributed by atoms with E-state index in [1.807, 2.05) is 0 Å². The van der Waals surface area contributed by atoms with E-state index in [1.165, 1.54) is 6.92 Å². The first-order valence-electron chi connectivity index (χ1n) is 8.85. The third-order valence-corrected chi connectivity index (χ3v) is 5.05. The van der Waals surface area contributed by atoms with Crippen LogP contribution in [0.3, 0.4) is 0 Å². The number of rotatable bonds is 5. The van der Waals surface area contributed by atoms with E-state index in [0.29, 0.717) is 38.3 Å². The highest BCUT2D eigenvalue weighted by Gasteiger charge is 2.35. The Balaban J connectivity index is 1.79. The summed E-state index contributed by atoms with van der Waals surface area (Å²) in [5.74, 6) is -0.640. The molecule has 2 heterocycles. The fourth-order valence-electron chi connectivity index (χ4n) is 3.05. The van der Waals surface area contributed by atoms with Crippen molar-refractivity contribution in [1.82, 2.24) is 19.6 Å². The van der Waals surface area contributed by atoms with Crippen molar-refractivity contribution in [3.8, 4) is 0 Å². The molecule has 1 N–H and O–H groups in total. The van der Waals surface area contributed by atoms with Crippen LogP contribution in [-0.4, -0.2) is 25.5 Å². The molecule has 3 aromatic rings. The normalized spacial score (nSPS) is 11.7. The zero-order valence-corrected chi connectivity index (χ0v) is 17.8. The lowest BCUT2D eigenvalue weighted by Crippen LogP contribution is -2.24. The number of hydrogen-bond donors (Lipinski definition) is 1. The van der Waals surface area contributed by atoms with Gasteiger partial charge in [0, 0.05) is 10.0 Å². The highest BCUT2D eigenvalue weighted by molar-refractivity contribution is 6.35. The predicted octanol–water partition coefficient (Wildman–Crippen LogP) is 5.02. The smallest absolute Gasteiger partial charge is 0.321 e. The number of amides is 1. The molecular formula is C19H18Cl2F3N5O. The second-order valence-corrected chi connectivity index (χ2v) is 7.66. The first kappa shape index (κ1) is 22.2. The zero-order chi connectivity index (χ0) is 22.2. The molecule has 2 aromatic heterocycles. The molecule has 0 aliphatic heterocycles. The van der Waals surface area contributed by atoms with Crippen LogP contribution in [0.2, 0.25) is 10.0 Å². The van der Waals surface area contributed by atoms with Gasteiger partial charge >= 0.3 is 6.18 Å². The standard InChI is InChI=1S/C19H18Cl2F3N5O/c1-10-6-16(19(22,23)24)29(26-10)9-17(30)25-18-11(2)27-28(12(18)3)8-13-4-5-14(20)7-15(13)21/h4-7H,8-9H2,1-3H3,(H,25,30). The Labute approximate surface area is 180 Å². The van der Waals surface area contributed by atoms with Crippen LogP contribution in [-0.2, 0) is 24.1 Å². The van der Waals surface area contributed by atoms with Gasteiger partial charge in [0.1, 0.15) is 12.2 Å². The molecule has 0 aliphatic carbocycles. The van der Waals surface area contributed by atoms with Crippen LogP contribution in [0.4, 0.5) is 18.9 Å². The number of anilines is 1. The van der Waals surface area contributed by atoms with E-state index >= 15 is 0 Å². The number of aromatic nitrogens is 4. The molecule has 0 radical (unpaired) electrons. The molecule has 0 atom stereocenters. The average molecular weight is 460 g/mol. The molecule has 0 unspecified atom stereocenters. The molecule has 0 saturated heterocycles. The van der Waals surface area contributed by atoms with Gasteiger partial charge in [0.25, 0.3) is 0 Å². The molecule has 30 heavy (non-hydrogen) atoms. The predicted molar refractivity (Wildman–Crippen MR) is 108 cm³/mol. The van der Waals surface area contributed by atoms with Crippen LogP contribution < -0.4 is 5.32 Å². The van der Waals surface area contributed by atoms with Crippen LogP contribution in [0.5, 0.6) is 0 Å². The van der Waals surface area contributed by atoms with Crippen molar-refractivity contribution in [1.29, 1.82) is 0 Å². The van der Waals surface area contributed by atoms with Crippen molar-refractivity contribution in [2.24, 2.45) is 0 Å². The van der Waals surface area contributed by atoms with Gasteiger partial charge in [-0.05, 0) is 44.5 Å². The summed E-state index contributed by atoms with van der Waals surface area (Å²) in [6.07, 6.45) is -4.60. The van der Waals surface area contributed by atoms with E-state index in [-0.39, 0.29) is 5.69 Å². The van der Waals surface area contributed by atoms with Crippen LogP contribution in [0.1, 0.15) is 28.3 Å². The molecule has 0 fully saturated rings. The fourth-order valence-corrected chi connectivity index (χ4v) is 3.52. The third-order valence-electron chi connectivity index (χ3n) is 4.47. The molecule has 1 amide bonds. The Morgan fingerprint density at radius 2 is 1.80 bits per heavy atom. The summed E-state index contributed by atoms with van der Waals surface area (Å²) in [5, 5.41) is 11.8. The van der Waals surface area contributed by atoms with E-state index < -0.39 is 24.3 Å². The lowest BCUT2D eigenvalue weighted by atomic mass is 10.2. The number of carbonyl (C=O) groups excluding carboxylic acids is 1.